The van der Waals surface area contributed by atoms with Gasteiger partial charge in [-0.15, -0.1) is 0 Å². The molecule has 0 aromatic heterocycles. The lowest BCUT2D eigenvalue weighted by Crippen LogP contribution is -2.25. The number of hydrogen-bond acceptors (Lipinski definition) is 8. The first-order valence-electron chi connectivity index (χ1n) is 7.56. The van der Waals surface area contributed by atoms with Gasteiger partial charge in [0.25, 0.3) is 0 Å². The molecular weight excluding hydrogens is 352 g/mol. The van der Waals surface area contributed by atoms with Crippen LogP contribution in [0.1, 0.15) is 16.8 Å². The molecule has 1 aliphatic heterocycles. The third-order valence-corrected chi connectivity index (χ3v) is 5.36. The number of nitrogens with one attached hydrogen (secondary N) is 1. The predicted molar refractivity (Wildman–Crippen MR) is 87.7 cm³/mol. The van der Waals surface area contributed by atoms with E-state index in [-0.39, 0.29) is 36.6 Å². The molecule has 138 valence electrons. The molecule has 1 saturated heterocycles. The lowest BCUT2D eigenvalue weighted by Gasteiger charge is -2.16. The number of aliphatic hydroxyl groups is 1. The molecule has 1 aliphatic rings. The Bertz CT molecular complexity index is 761. The van der Waals surface area contributed by atoms with Crippen molar-refractivity contribution >= 4 is 27.6 Å². The topological polar surface area (TPSA) is 122 Å². The highest BCUT2D eigenvalue weighted by Gasteiger charge is 2.31. The van der Waals surface area contributed by atoms with Crippen LogP contribution in [0.5, 0.6) is 0 Å². The average molecular weight is 372 g/mol. The lowest BCUT2D eigenvalue weighted by molar-refractivity contribution is -0.145. The minimum Gasteiger partial charge on any atom is -0.463 e. The zero-order valence-electron chi connectivity index (χ0n) is 13.9. The molecule has 0 bridgehead atoms. The number of ether oxygens (including phenoxy) is 2. The number of aliphatic hydroxyl groups excluding tert-OH is 1. The van der Waals surface area contributed by atoms with E-state index in [0.717, 1.165) is 4.31 Å². The molecule has 9 nitrogen and oxygen atoms in total. The smallest absolute Gasteiger partial charge is 0.347 e. The quantitative estimate of drug-likeness (QED) is 0.632. The van der Waals surface area contributed by atoms with Crippen molar-refractivity contribution in [1.29, 1.82) is 0 Å². The molecule has 0 amide bonds. The summed E-state index contributed by atoms with van der Waals surface area (Å²) in [5.74, 6) is -1.48. The molecule has 2 N–H and O–H groups in total. The second-order valence-corrected chi connectivity index (χ2v) is 7.65. The van der Waals surface area contributed by atoms with Gasteiger partial charge in [0.1, 0.15) is 0 Å². The fourth-order valence-electron chi connectivity index (χ4n) is 2.19. The zero-order chi connectivity index (χ0) is 18.6. The fourth-order valence-corrected chi connectivity index (χ4v) is 3.11. The molecule has 0 radical (unpaired) electrons. The minimum absolute atomic E-state index is 0.0453. The average Bonchev–Trinajstić information content (AvgIpc) is 2.97. The Morgan fingerprint density at radius 1 is 1.44 bits per heavy atom. The van der Waals surface area contributed by atoms with E-state index < -0.39 is 28.1 Å². The van der Waals surface area contributed by atoms with Gasteiger partial charge in [-0.1, -0.05) is 0 Å². The van der Waals surface area contributed by atoms with Crippen molar-refractivity contribution in [2.24, 2.45) is 0 Å². The first-order chi connectivity index (χ1) is 11.8. The number of carbonyl (C=O) groups is 2. The molecular formula is C15H20N2O7S. The van der Waals surface area contributed by atoms with Crippen LogP contribution in [-0.2, 0) is 24.3 Å². The molecule has 10 heteroatoms. The van der Waals surface area contributed by atoms with Crippen LogP contribution in [0.25, 0.3) is 0 Å². The molecule has 1 atom stereocenters. The van der Waals surface area contributed by atoms with Gasteiger partial charge in [-0.3, -0.25) is 0 Å². The number of rotatable bonds is 7. The Morgan fingerprint density at radius 2 is 2.16 bits per heavy atom. The van der Waals surface area contributed by atoms with Crippen LogP contribution in [0.2, 0.25) is 0 Å². The number of carbonyl (C=O) groups excluding carboxylic acids is 2. The molecule has 0 saturated carbocycles. The van der Waals surface area contributed by atoms with Crippen molar-refractivity contribution in [3.8, 4) is 0 Å². The molecule has 1 aromatic rings. The Kier molecular flexibility index (Phi) is 5.98. The zero-order valence-corrected chi connectivity index (χ0v) is 14.7. The van der Waals surface area contributed by atoms with Crippen LogP contribution in [-0.4, -0.2) is 69.7 Å². The summed E-state index contributed by atoms with van der Waals surface area (Å²) >= 11 is 0. The number of esters is 2. The largest absolute Gasteiger partial charge is 0.463 e. The summed E-state index contributed by atoms with van der Waals surface area (Å²) in [7, 11) is -1.00. The third kappa shape index (κ3) is 4.27. The highest BCUT2D eigenvalue weighted by atomic mass is 32.2. The lowest BCUT2D eigenvalue weighted by atomic mass is 10.1. The second-order valence-electron chi connectivity index (χ2n) is 5.50. The van der Waals surface area contributed by atoms with Crippen LogP contribution in [0.15, 0.2) is 23.1 Å². The van der Waals surface area contributed by atoms with Crippen LogP contribution < -0.4 is 5.32 Å². The Morgan fingerprint density at radius 3 is 2.72 bits per heavy atom. The van der Waals surface area contributed by atoms with E-state index in [1.54, 1.807) is 0 Å². The molecule has 1 aromatic carbocycles. The number of anilines is 1. The Balaban J connectivity index is 2.36. The van der Waals surface area contributed by atoms with E-state index in [4.69, 9.17) is 14.6 Å². The SMILES string of the molecule is CN(C)S(=O)(=O)c1ccc(NCCO)c(C(=O)O[C@@H]2CCOC2=O)c1. The van der Waals surface area contributed by atoms with Gasteiger partial charge in [-0.25, -0.2) is 22.3 Å². The van der Waals surface area contributed by atoms with E-state index in [1.165, 1.54) is 32.3 Å². The third-order valence-electron chi connectivity index (χ3n) is 3.55. The number of hydrogen-bond donors (Lipinski definition) is 2. The van der Waals surface area contributed by atoms with E-state index >= 15 is 0 Å². The summed E-state index contributed by atoms with van der Waals surface area (Å²) in [6.07, 6.45) is -0.757. The van der Waals surface area contributed by atoms with Crippen molar-refractivity contribution in [3.63, 3.8) is 0 Å². The van der Waals surface area contributed by atoms with Gasteiger partial charge in [-0.2, -0.15) is 0 Å². The van der Waals surface area contributed by atoms with E-state index in [2.05, 4.69) is 5.32 Å². The van der Waals surface area contributed by atoms with Crippen LogP contribution in [0, 0.1) is 0 Å². The molecule has 1 heterocycles. The summed E-state index contributed by atoms with van der Waals surface area (Å²) in [5, 5.41) is 11.7. The van der Waals surface area contributed by atoms with E-state index in [9.17, 15) is 18.0 Å². The molecule has 0 aliphatic carbocycles. The minimum atomic E-state index is -3.75. The van der Waals surface area contributed by atoms with E-state index in [1.807, 2.05) is 0 Å². The summed E-state index contributed by atoms with van der Waals surface area (Å²) in [6, 6.07) is 3.93. The van der Waals surface area contributed by atoms with Gasteiger partial charge in [0, 0.05) is 32.7 Å². The van der Waals surface area contributed by atoms with Gasteiger partial charge in [-0.05, 0) is 18.2 Å². The van der Waals surface area contributed by atoms with Gasteiger partial charge in [0.15, 0.2) is 0 Å². The monoisotopic (exact) mass is 372 g/mol. The summed E-state index contributed by atoms with van der Waals surface area (Å²) in [4.78, 5) is 23.8. The molecule has 25 heavy (non-hydrogen) atoms. The molecule has 0 spiro atoms. The van der Waals surface area contributed by atoms with Crippen molar-refractivity contribution in [1.82, 2.24) is 4.31 Å². The van der Waals surface area contributed by atoms with Gasteiger partial charge < -0.3 is 19.9 Å². The summed E-state index contributed by atoms with van der Waals surface area (Å²) in [5.41, 5.74) is 0.249. The molecule has 1 fully saturated rings. The Labute approximate surface area is 145 Å². The van der Waals surface area contributed by atoms with Crippen LogP contribution in [0.3, 0.4) is 0 Å². The van der Waals surface area contributed by atoms with Crippen molar-refractivity contribution in [2.75, 3.05) is 39.2 Å². The van der Waals surface area contributed by atoms with Crippen molar-refractivity contribution in [2.45, 2.75) is 17.4 Å². The normalized spacial score (nSPS) is 17.4. The predicted octanol–water partition coefficient (Wildman–Crippen LogP) is -0.187. The number of nitrogens with zero attached hydrogens (tertiary/aromatic N) is 1. The Hall–Kier alpha value is -2.17. The number of cyclic esters (lactones) is 1. The van der Waals surface area contributed by atoms with Crippen LogP contribution in [0.4, 0.5) is 5.69 Å². The number of sulfonamides is 1. The first-order valence-corrected chi connectivity index (χ1v) is 9.00. The van der Waals surface area contributed by atoms with Crippen molar-refractivity contribution < 1.29 is 32.6 Å². The summed E-state index contributed by atoms with van der Waals surface area (Å²) < 4.78 is 35.4. The van der Waals surface area contributed by atoms with Crippen molar-refractivity contribution in [3.05, 3.63) is 23.8 Å². The maximum absolute atomic E-state index is 12.4. The van der Waals surface area contributed by atoms with Gasteiger partial charge in [0.05, 0.1) is 23.7 Å². The maximum atomic E-state index is 12.4. The number of benzene rings is 1. The molecule has 2 rings (SSSR count). The highest BCUT2D eigenvalue weighted by Crippen LogP contribution is 2.24. The van der Waals surface area contributed by atoms with E-state index in [0.29, 0.717) is 5.69 Å². The van der Waals surface area contributed by atoms with Gasteiger partial charge >= 0.3 is 11.9 Å². The maximum Gasteiger partial charge on any atom is 0.347 e. The van der Waals surface area contributed by atoms with Crippen LogP contribution >= 0.6 is 0 Å². The second kappa shape index (κ2) is 7.81. The summed E-state index contributed by atoms with van der Waals surface area (Å²) in [6.45, 7) is 0.147. The van der Waals surface area contributed by atoms with Gasteiger partial charge in [0.2, 0.25) is 16.1 Å². The standard InChI is InChI=1S/C15H20N2O7S/c1-17(2)25(21,22)10-3-4-12(16-6-7-18)11(9-10)14(19)24-13-5-8-23-15(13)20/h3-4,9,13,16,18H,5-8H2,1-2H3/t13-/m1/s1. The first kappa shape index (κ1) is 19.2. The highest BCUT2D eigenvalue weighted by molar-refractivity contribution is 7.89. The fraction of sp³-hybridized carbons (Fsp3) is 0.467. The molecule has 0 unspecified atom stereocenters.